The lowest BCUT2D eigenvalue weighted by Gasteiger charge is -2.26. The minimum atomic E-state index is 0.197. The van der Waals surface area contributed by atoms with Crippen molar-refractivity contribution in [1.29, 1.82) is 0 Å². The third-order valence-electron chi connectivity index (χ3n) is 6.71. The molecule has 0 aliphatic rings. The Balaban J connectivity index is 0.000000158. The van der Waals surface area contributed by atoms with Gasteiger partial charge in [-0.05, 0) is 63.1 Å². The lowest BCUT2D eigenvalue weighted by molar-refractivity contribution is 0.712. The van der Waals surface area contributed by atoms with Crippen molar-refractivity contribution in [1.82, 2.24) is 39.6 Å². The molecule has 4 heterocycles. The number of rotatable bonds is 6. The zero-order chi connectivity index (χ0) is 27.4. The van der Waals surface area contributed by atoms with Crippen LogP contribution in [0.3, 0.4) is 0 Å². The molecule has 39 heavy (non-hydrogen) atoms. The van der Waals surface area contributed by atoms with Crippen molar-refractivity contribution in [3.63, 3.8) is 0 Å². The number of fused-ring (bicyclic) bond motifs is 2. The van der Waals surface area contributed by atoms with Crippen LogP contribution in [0.1, 0.15) is 48.7 Å². The van der Waals surface area contributed by atoms with Gasteiger partial charge < -0.3 is 10.2 Å². The highest BCUT2D eigenvalue weighted by Gasteiger charge is 2.14. The molecule has 10 heteroatoms. The second-order valence-electron chi connectivity index (χ2n) is 9.42. The lowest BCUT2D eigenvalue weighted by Crippen LogP contribution is -2.23. The number of aromatic nitrogens is 8. The normalized spacial score (nSPS) is 12.5. The standard InChI is InChI=1S/C15H17N5.C14H15N5/c1-11(13-7-5-4-6-8-13)19(3)15-10-9-14-17-16-12(2)20(14)18-15;1-10(12-6-4-3-5-7-12)15-13-8-9-14-17-16-11(2)19(14)18-13/h4-11H,1-3H3;3-10H,1-2H3,(H,15,18). The average Bonchev–Trinajstić information content (AvgIpc) is 3.55. The fourth-order valence-electron chi connectivity index (χ4n) is 4.25. The maximum absolute atomic E-state index is 4.60. The minimum absolute atomic E-state index is 0.197. The molecule has 2 aromatic carbocycles. The average molecular weight is 521 g/mol. The highest BCUT2D eigenvalue weighted by atomic mass is 15.4. The Hall–Kier alpha value is -4.86. The molecular formula is C29H32N10. The molecule has 2 atom stereocenters. The fourth-order valence-corrected chi connectivity index (χ4v) is 4.25. The number of nitrogens with zero attached hydrogens (tertiary/aromatic N) is 9. The van der Waals surface area contributed by atoms with E-state index in [4.69, 9.17) is 0 Å². The second-order valence-corrected chi connectivity index (χ2v) is 9.42. The molecule has 0 fully saturated rings. The van der Waals surface area contributed by atoms with Crippen LogP contribution in [-0.4, -0.2) is 46.7 Å². The van der Waals surface area contributed by atoms with E-state index in [-0.39, 0.29) is 12.1 Å². The third-order valence-corrected chi connectivity index (χ3v) is 6.71. The molecule has 0 spiro atoms. The first-order valence-electron chi connectivity index (χ1n) is 12.9. The summed E-state index contributed by atoms with van der Waals surface area (Å²) in [5.74, 6) is 3.29. The Morgan fingerprint density at radius 3 is 1.79 bits per heavy atom. The number of hydrogen-bond acceptors (Lipinski definition) is 8. The molecule has 0 saturated heterocycles. The molecule has 4 aromatic heterocycles. The second kappa shape index (κ2) is 11.3. The van der Waals surface area contributed by atoms with Gasteiger partial charge in [0.15, 0.2) is 22.9 Å². The topological polar surface area (TPSA) is 101 Å². The summed E-state index contributed by atoms with van der Waals surface area (Å²) in [5.41, 5.74) is 4.02. The molecule has 0 amide bonds. The molecule has 2 unspecified atom stereocenters. The lowest BCUT2D eigenvalue weighted by atomic mass is 10.1. The zero-order valence-electron chi connectivity index (χ0n) is 22.8. The summed E-state index contributed by atoms with van der Waals surface area (Å²) in [6.45, 7) is 8.06. The van der Waals surface area contributed by atoms with Crippen LogP contribution < -0.4 is 10.2 Å². The van der Waals surface area contributed by atoms with Gasteiger partial charge in [0.25, 0.3) is 0 Å². The molecule has 6 aromatic rings. The highest BCUT2D eigenvalue weighted by molar-refractivity contribution is 5.47. The van der Waals surface area contributed by atoms with Crippen LogP contribution in [0, 0.1) is 13.8 Å². The Labute approximate surface area is 227 Å². The maximum atomic E-state index is 4.60. The monoisotopic (exact) mass is 520 g/mol. The highest BCUT2D eigenvalue weighted by Crippen LogP contribution is 2.23. The van der Waals surface area contributed by atoms with Crippen LogP contribution >= 0.6 is 0 Å². The number of benzene rings is 2. The van der Waals surface area contributed by atoms with Crippen molar-refractivity contribution < 1.29 is 0 Å². The van der Waals surface area contributed by atoms with Crippen molar-refractivity contribution in [3.05, 3.63) is 108 Å². The van der Waals surface area contributed by atoms with Crippen molar-refractivity contribution in [2.45, 2.75) is 39.8 Å². The summed E-state index contributed by atoms with van der Waals surface area (Å²) < 4.78 is 3.50. The van der Waals surface area contributed by atoms with E-state index in [1.54, 1.807) is 9.03 Å². The van der Waals surface area contributed by atoms with E-state index in [9.17, 15) is 0 Å². The first-order chi connectivity index (χ1) is 18.9. The van der Waals surface area contributed by atoms with E-state index >= 15 is 0 Å². The van der Waals surface area contributed by atoms with E-state index in [1.807, 2.05) is 69.4 Å². The van der Waals surface area contributed by atoms with Crippen molar-refractivity contribution >= 4 is 22.9 Å². The van der Waals surface area contributed by atoms with Gasteiger partial charge in [-0.3, -0.25) is 0 Å². The number of aryl methyl sites for hydroxylation is 2. The van der Waals surface area contributed by atoms with E-state index in [1.165, 1.54) is 11.1 Å². The molecule has 198 valence electrons. The minimum Gasteiger partial charge on any atom is -0.362 e. The number of hydrogen-bond donors (Lipinski definition) is 1. The molecule has 6 rings (SSSR count). The summed E-state index contributed by atoms with van der Waals surface area (Å²) in [6.07, 6.45) is 0. The Kier molecular flexibility index (Phi) is 7.44. The molecule has 1 N–H and O–H groups in total. The van der Waals surface area contributed by atoms with Gasteiger partial charge >= 0.3 is 0 Å². The van der Waals surface area contributed by atoms with Crippen LogP contribution in [0.4, 0.5) is 11.6 Å². The van der Waals surface area contributed by atoms with Crippen molar-refractivity contribution in [3.8, 4) is 0 Å². The van der Waals surface area contributed by atoms with Gasteiger partial charge in [0.2, 0.25) is 0 Å². The molecule has 0 radical (unpaired) electrons. The smallest absolute Gasteiger partial charge is 0.178 e. The summed E-state index contributed by atoms with van der Waals surface area (Å²) in [6, 6.07) is 28.9. The Morgan fingerprint density at radius 2 is 1.18 bits per heavy atom. The van der Waals surface area contributed by atoms with Gasteiger partial charge in [-0.25, -0.2) is 0 Å². The summed E-state index contributed by atoms with van der Waals surface area (Å²) in [4.78, 5) is 2.15. The first-order valence-corrected chi connectivity index (χ1v) is 12.9. The predicted molar refractivity (Wildman–Crippen MR) is 153 cm³/mol. The van der Waals surface area contributed by atoms with Crippen LogP contribution in [0.25, 0.3) is 11.3 Å². The Morgan fingerprint density at radius 1 is 0.641 bits per heavy atom. The van der Waals surface area contributed by atoms with Gasteiger partial charge in [0, 0.05) is 13.1 Å². The van der Waals surface area contributed by atoms with Gasteiger partial charge in [0.05, 0.1) is 6.04 Å². The summed E-state index contributed by atoms with van der Waals surface area (Å²) >= 11 is 0. The van der Waals surface area contributed by atoms with Crippen molar-refractivity contribution in [2.24, 2.45) is 0 Å². The predicted octanol–water partition coefficient (Wildman–Crippen LogP) is 5.24. The molecule has 0 aliphatic heterocycles. The van der Waals surface area contributed by atoms with Crippen LogP contribution in [0.15, 0.2) is 84.9 Å². The van der Waals surface area contributed by atoms with Gasteiger partial charge in [0.1, 0.15) is 11.6 Å². The maximum Gasteiger partial charge on any atom is 0.178 e. The van der Waals surface area contributed by atoms with Crippen LogP contribution in [0.2, 0.25) is 0 Å². The summed E-state index contributed by atoms with van der Waals surface area (Å²) in [5, 5.41) is 28.6. The number of nitrogens with one attached hydrogen (secondary N) is 1. The van der Waals surface area contributed by atoms with E-state index in [0.717, 1.165) is 34.6 Å². The van der Waals surface area contributed by atoms with Crippen LogP contribution in [-0.2, 0) is 0 Å². The molecule has 0 bridgehead atoms. The SMILES string of the molecule is Cc1nnc2ccc(N(C)C(C)c3ccccc3)nn12.Cc1nnc2ccc(NC(C)c3ccccc3)nn12. The number of anilines is 2. The zero-order valence-corrected chi connectivity index (χ0v) is 22.8. The quantitative estimate of drug-likeness (QED) is 0.318. The first kappa shape index (κ1) is 25.8. The molecule has 0 saturated carbocycles. The fraction of sp³-hybridized carbons (Fsp3) is 0.241. The van der Waals surface area contributed by atoms with Gasteiger partial charge in [-0.2, -0.15) is 9.03 Å². The van der Waals surface area contributed by atoms with E-state index in [0.29, 0.717) is 0 Å². The van der Waals surface area contributed by atoms with Gasteiger partial charge in [-0.1, -0.05) is 60.7 Å². The largest absolute Gasteiger partial charge is 0.362 e. The molecule has 10 nitrogen and oxygen atoms in total. The van der Waals surface area contributed by atoms with E-state index in [2.05, 4.69) is 91.1 Å². The molecule has 0 aliphatic carbocycles. The van der Waals surface area contributed by atoms with Crippen molar-refractivity contribution in [2.75, 3.05) is 17.3 Å². The third kappa shape index (κ3) is 5.69. The Bertz CT molecular complexity index is 1660. The molecular weight excluding hydrogens is 488 g/mol. The van der Waals surface area contributed by atoms with E-state index < -0.39 is 0 Å². The van der Waals surface area contributed by atoms with Gasteiger partial charge in [-0.15, -0.1) is 30.6 Å². The summed E-state index contributed by atoms with van der Waals surface area (Å²) in [7, 11) is 2.05. The van der Waals surface area contributed by atoms with Crippen LogP contribution in [0.5, 0.6) is 0 Å².